The number of halogens is 1. The summed E-state index contributed by atoms with van der Waals surface area (Å²) in [5.74, 6) is 4.35. The lowest BCUT2D eigenvalue weighted by atomic mass is 10.00. The van der Waals surface area contributed by atoms with E-state index >= 15 is 4.53 Å². The van der Waals surface area contributed by atoms with Crippen molar-refractivity contribution < 1.29 is 46.0 Å². The third-order valence-electron chi connectivity index (χ3n) is 11.8. The van der Waals surface area contributed by atoms with E-state index in [1.165, 1.54) is 0 Å². The number of hydrogen-bond donors (Lipinski definition) is 0. The molecule has 2 unspecified atom stereocenters. The monoisotopic (exact) mass is 992 g/mol. The van der Waals surface area contributed by atoms with Gasteiger partial charge in [0.2, 0.25) is 0 Å². The van der Waals surface area contributed by atoms with E-state index in [1.807, 2.05) is 146 Å². The van der Waals surface area contributed by atoms with Gasteiger partial charge in [0.05, 0.1) is 41.7 Å². The van der Waals surface area contributed by atoms with Gasteiger partial charge in [-0.25, -0.2) is 0 Å². The van der Waals surface area contributed by atoms with Crippen LogP contribution in [0.15, 0.2) is 170 Å². The summed E-state index contributed by atoms with van der Waals surface area (Å²) in [7, 11) is 2.06. The number of rotatable bonds is 23. The number of ether oxygens (including phenoxy) is 6. The average Bonchev–Trinajstić information content (AvgIpc) is 3.43. The Balaban J connectivity index is 1.28. The van der Waals surface area contributed by atoms with Crippen LogP contribution in [0.25, 0.3) is 21.0 Å². The van der Waals surface area contributed by atoms with Gasteiger partial charge in [-0.1, -0.05) is 104 Å². The quantitative estimate of drug-likeness (QED) is 0.0354. The van der Waals surface area contributed by atoms with Crippen molar-refractivity contribution in [3.05, 3.63) is 203 Å². The Kier molecular flexibility index (Phi) is 17.9. The van der Waals surface area contributed by atoms with Crippen LogP contribution in [0, 0.1) is 0 Å². The highest BCUT2D eigenvalue weighted by atomic mass is 32.2. The minimum absolute atomic E-state index is 0.647. The largest absolute Gasteiger partial charge is 0.695 e. The lowest BCUT2D eigenvalue weighted by Crippen LogP contribution is -2.23. The van der Waals surface area contributed by atoms with E-state index in [9.17, 15) is 0 Å². The summed E-state index contributed by atoms with van der Waals surface area (Å²) in [6, 6.07) is 47.1. The van der Waals surface area contributed by atoms with Gasteiger partial charge in [-0.05, 0) is 176 Å². The number of hydrogen-bond acceptors (Lipinski definition) is 9. The Labute approximate surface area is 422 Å². The molecule has 0 saturated carbocycles. The van der Waals surface area contributed by atoms with Crippen molar-refractivity contribution in [2.45, 2.75) is 39.5 Å². The molecule has 0 bridgehead atoms. The first-order chi connectivity index (χ1) is 34.8. The molecule has 2 aliphatic rings. The summed E-state index contributed by atoms with van der Waals surface area (Å²) in [4.78, 5) is 7.89. The van der Waals surface area contributed by atoms with Crippen LogP contribution < -0.4 is 28.4 Å². The predicted molar refractivity (Wildman–Crippen MR) is 291 cm³/mol. The average molecular weight is 993 g/mol. The minimum atomic E-state index is -1.82. The first-order valence-corrected chi connectivity index (χ1v) is 25.9. The summed E-state index contributed by atoms with van der Waals surface area (Å²) in [5.41, 5.74) is 7.09. The van der Waals surface area contributed by atoms with Crippen LogP contribution >= 0.6 is 21.5 Å². The number of allylic oxidation sites excluding steroid dienone is 6. The lowest BCUT2D eigenvalue weighted by molar-refractivity contribution is -0.0454. The van der Waals surface area contributed by atoms with Crippen molar-refractivity contribution in [1.29, 1.82) is 0 Å². The molecular weight excluding hydrogens is 935 g/mol. The number of benzene rings is 6. The topological polar surface area (TPSA) is 83.1 Å². The molecule has 0 N–H and O–H groups in total. The molecule has 366 valence electrons. The van der Waals surface area contributed by atoms with E-state index in [0.29, 0.717) is 36.2 Å². The maximum atomic E-state index is 15.7. The van der Waals surface area contributed by atoms with Gasteiger partial charge in [0, 0.05) is 19.5 Å². The van der Waals surface area contributed by atoms with Crippen LogP contribution in [0.1, 0.15) is 72.9 Å². The number of methoxy groups -OCH3 is 4. The molecule has 13 heteroatoms. The summed E-state index contributed by atoms with van der Waals surface area (Å²) >= 11 is 0. The summed E-state index contributed by atoms with van der Waals surface area (Å²) in [5, 5.41) is 0. The molecule has 0 saturated heterocycles. The van der Waals surface area contributed by atoms with Crippen molar-refractivity contribution >= 4 is 59.5 Å². The molecule has 6 aromatic carbocycles. The fraction of sp³-hybridized carbons (Fsp3) is 0.207. The summed E-state index contributed by atoms with van der Waals surface area (Å²) in [6.45, 7) is 5.58. The van der Waals surface area contributed by atoms with Gasteiger partial charge in [-0.2, -0.15) is 4.86 Å². The first kappa shape index (κ1) is 50.8. The van der Waals surface area contributed by atoms with E-state index in [-0.39, 0.29) is 0 Å². The molecule has 0 fully saturated rings. The highest BCUT2D eigenvalue weighted by molar-refractivity contribution is 8.22. The molecule has 0 amide bonds. The second-order valence-electron chi connectivity index (χ2n) is 16.4. The highest BCUT2D eigenvalue weighted by Gasteiger charge is 2.34. The summed E-state index contributed by atoms with van der Waals surface area (Å²) in [6.07, 6.45) is 12.4. The lowest BCUT2D eigenvalue weighted by Gasteiger charge is -2.27. The van der Waals surface area contributed by atoms with Crippen molar-refractivity contribution in [3.8, 4) is 34.5 Å². The van der Waals surface area contributed by atoms with Crippen LogP contribution in [0.5, 0.6) is 34.5 Å². The minimum Gasteiger partial charge on any atom is -0.497 e. The van der Waals surface area contributed by atoms with Gasteiger partial charge in [0.25, 0.3) is 0 Å². The molecule has 8 rings (SSSR count). The standard InChI is InChI=1S/C58H58BFO9S2/c1-7-9-35-65-53-31-11-41(12-32-53)47-37-55(43-15-23-49(61-3)24-16-43)70(56(38-47)44-17-25-50(62-4)26-18-44)68-59(67-60)69-71-57(45-19-27-51(63-5)28-20-45)39-48(40-58(71)46-21-29-52(64-6)30-22-46)42-13-33-54(34-14-42)66-36-10-8-2/h11-34,37-40H,7-10,35-36H2,1-6H3. The van der Waals surface area contributed by atoms with E-state index < -0.39 is 28.9 Å². The third-order valence-corrected chi connectivity index (χ3v) is 15.5. The molecule has 6 aromatic rings. The van der Waals surface area contributed by atoms with Crippen molar-refractivity contribution in [3.63, 3.8) is 0 Å². The van der Waals surface area contributed by atoms with Crippen LogP contribution in [-0.4, -0.2) is 58.7 Å². The van der Waals surface area contributed by atoms with E-state index in [2.05, 4.69) is 38.2 Å². The molecule has 71 heavy (non-hydrogen) atoms. The Morgan fingerprint density at radius 3 is 0.972 bits per heavy atom. The number of unbranched alkanes of at least 4 members (excludes halogenated alkanes) is 2. The molecule has 0 spiro atoms. The Bertz CT molecular complexity index is 2730. The Hall–Kier alpha value is -6.61. The van der Waals surface area contributed by atoms with E-state index in [4.69, 9.17) is 41.5 Å². The van der Waals surface area contributed by atoms with Gasteiger partial charge in [-0.3, -0.25) is 0 Å². The Morgan fingerprint density at radius 2 is 0.676 bits per heavy atom. The van der Waals surface area contributed by atoms with E-state index in [1.54, 1.807) is 28.4 Å². The van der Waals surface area contributed by atoms with E-state index in [0.717, 1.165) is 101 Å². The smallest absolute Gasteiger partial charge is 0.497 e. The normalized spacial score (nSPS) is 15.5. The van der Waals surface area contributed by atoms with Gasteiger partial charge in [0.1, 0.15) is 34.5 Å². The van der Waals surface area contributed by atoms with Gasteiger partial charge >= 0.3 is 7.32 Å². The molecule has 2 aliphatic heterocycles. The second kappa shape index (κ2) is 25.0. The van der Waals surface area contributed by atoms with Crippen LogP contribution in [0.3, 0.4) is 0 Å². The zero-order chi connectivity index (χ0) is 49.5. The molecule has 2 heterocycles. The second-order valence-corrected chi connectivity index (χ2v) is 19.6. The van der Waals surface area contributed by atoms with Crippen molar-refractivity contribution in [2.24, 2.45) is 0 Å². The van der Waals surface area contributed by atoms with Crippen molar-refractivity contribution in [1.82, 2.24) is 0 Å². The van der Waals surface area contributed by atoms with Gasteiger partial charge < -0.3 is 36.6 Å². The van der Waals surface area contributed by atoms with Crippen molar-refractivity contribution in [2.75, 3.05) is 41.7 Å². The zero-order valence-corrected chi connectivity index (χ0v) is 42.5. The molecule has 9 nitrogen and oxygen atoms in total. The maximum Gasteiger partial charge on any atom is 0.695 e. The molecule has 0 aromatic heterocycles. The molecule has 2 atom stereocenters. The fourth-order valence-electron chi connectivity index (χ4n) is 7.78. The SMILES string of the molecule is CCCCOc1ccc(C2=CC(c3ccc(OC)cc3)=S(OB(OF)OS3=C(c4ccc(OC)cc4)C=C(c4ccc(OCCCC)cc4)C=C3c3ccc(OC)cc3)C(c3ccc(OC)cc3)=C2)cc1. The first-order valence-electron chi connectivity index (χ1n) is 23.6. The van der Waals surface area contributed by atoms with Crippen LogP contribution in [0.2, 0.25) is 0 Å². The Morgan fingerprint density at radius 1 is 0.380 bits per heavy atom. The van der Waals surface area contributed by atoms with Gasteiger partial charge in [-0.15, -0.1) is 0 Å². The highest BCUT2D eigenvalue weighted by Crippen LogP contribution is 2.49. The summed E-state index contributed by atoms with van der Waals surface area (Å²) < 4.78 is 63.9. The zero-order valence-electron chi connectivity index (χ0n) is 40.9. The predicted octanol–water partition coefficient (Wildman–Crippen LogP) is 14.4. The fourth-order valence-corrected chi connectivity index (χ4v) is 11.5. The maximum absolute atomic E-state index is 15.7. The van der Waals surface area contributed by atoms with Crippen LogP contribution in [0.4, 0.5) is 4.53 Å². The molecule has 0 radical (unpaired) electrons. The van der Waals surface area contributed by atoms with Crippen LogP contribution in [-0.2, 0) is 13.1 Å². The molecule has 0 aliphatic carbocycles. The molecular formula is C58H58BFO9S2. The van der Waals surface area contributed by atoms with Gasteiger partial charge in [0.15, 0.2) is 0 Å². The third kappa shape index (κ3) is 12.7.